The van der Waals surface area contributed by atoms with E-state index in [1.54, 1.807) is 0 Å². The fraction of sp³-hybridized carbons (Fsp3) is 0.158. The van der Waals surface area contributed by atoms with Crippen LogP contribution in [-0.2, 0) is 11.2 Å². The monoisotopic (exact) mass is 339 g/mol. The van der Waals surface area contributed by atoms with Crippen LogP contribution in [0.3, 0.4) is 0 Å². The van der Waals surface area contributed by atoms with Crippen molar-refractivity contribution in [1.82, 2.24) is 10.3 Å². The van der Waals surface area contributed by atoms with Crippen LogP contribution in [0.5, 0.6) is 0 Å². The number of carbonyl (C=O) groups excluding carboxylic acids is 1. The average Bonchev–Trinajstić information content (AvgIpc) is 3.01. The Hall–Kier alpha value is -3.20. The summed E-state index contributed by atoms with van der Waals surface area (Å²) in [5.41, 5.74) is 1.93. The number of amides is 1. The predicted octanol–water partition coefficient (Wildman–Crippen LogP) is 3.76. The van der Waals surface area contributed by atoms with Crippen LogP contribution in [-0.4, -0.2) is 10.9 Å². The van der Waals surface area contributed by atoms with Crippen molar-refractivity contribution >= 4 is 16.8 Å². The van der Waals surface area contributed by atoms with Crippen LogP contribution in [0.2, 0.25) is 0 Å². The zero-order valence-electron chi connectivity index (χ0n) is 13.2. The SMILES string of the molecule is N#C[C@@H](NC(=O)CCc1c[nH]c2ccccc12)c1ccc(F)cc1F. The first-order chi connectivity index (χ1) is 12.1. The van der Waals surface area contributed by atoms with E-state index in [0.717, 1.165) is 22.5 Å². The van der Waals surface area contributed by atoms with E-state index in [0.29, 0.717) is 12.5 Å². The van der Waals surface area contributed by atoms with E-state index in [2.05, 4.69) is 10.3 Å². The lowest BCUT2D eigenvalue weighted by molar-refractivity contribution is -0.121. The summed E-state index contributed by atoms with van der Waals surface area (Å²) in [6.07, 6.45) is 2.49. The second-order valence-electron chi connectivity index (χ2n) is 5.65. The first kappa shape index (κ1) is 16.7. The number of aromatic nitrogens is 1. The van der Waals surface area contributed by atoms with E-state index < -0.39 is 17.7 Å². The molecule has 0 fully saturated rings. The zero-order chi connectivity index (χ0) is 17.8. The molecule has 1 amide bonds. The summed E-state index contributed by atoms with van der Waals surface area (Å²) < 4.78 is 26.7. The number of hydrogen-bond donors (Lipinski definition) is 2. The van der Waals surface area contributed by atoms with E-state index >= 15 is 0 Å². The first-order valence-corrected chi connectivity index (χ1v) is 7.77. The summed E-state index contributed by atoms with van der Waals surface area (Å²) in [4.78, 5) is 15.3. The number of benzene rings is 2. The number of fused-ring (bicyclic) bond motifs is 1. The summed E-state index contributed by atoms with van der Waals surface area (Å²) in [7, 11) is 0. The van der Waals surface area contributed by atoms with Crippen molar-refractivity contribution in [2.24, 2.45) is 0 Å². The fourth-order valence-electron chi connectivity index (χ4n) is 2.73. The first-order valence-electron chi connectivity index (χ1n) is 7.77. The molecule has 25 heavy (non-hydrogen) atoms. The lowest BCUT2D eigenvalue weighted by atomic mass is 10.1. The maximum absolute atomic E-state index is 13.8. The summed E-state index contributed by atoms with van der Waals surface area (Å²) in [6, 6.07) is 11.3. The minimum Gasteiger partial charge on any atom is -0.361 e. The molecule has 1 aromatic heterocycles. The molecule has 2 N–H and O–H groups in total. The Morgan fingerprint density at radius 2 is 2.04 bits per heavy atom. The summed E-state index contributed by atoms with van der Waals surface area (Å²) in [5.74, 6) is -1.97. The van der Waals surface area contributed by atoms with Crippen LogP contribution < -0.4 is 5.32 Å². The van der Waals surface area contributed by atoms with Gasteiger partial charge in [-0.1, -0.05) is 24.3 Å². The third-order valence-corrected chi connectivity index (χ3v) is 4.00. The number of rotatable bonds is 5. The number of aromatic amines is 1. The summed E-state index contributed by atoms with van der Waals surface area (Å²) >= 11 is 0. The molecule has 0 aliphatic rings. The molecule has 0 saturated carbocycles. The van der Waals surface area contributed by atoms with Crippen LogP contribution in [0.4, 0.5) is 8.78 Å². The number of halogens is 2. The largest absolute Gasteiger partial charge is 0.361 e. The van der Waals surface area contributed by atoms with Crippen molar-refractivity contribution < 1.29 is 13.6 Å². The Balaban J connectivity index is 1.66. The lowest BCUT2D eigenvalue weighted by Crippen LogP contribution is -2.28. The van der Waals surface area contributed by atoms with Gasteiger partial charge in [-0.2, -0.15) is 5.26 Å². The van der Waals surface area contributed by atoms with Gasteiger partial charge in [0.25, 0.3) is 0 Å². The zero-order valence-corrected chi connectivity index (χ0v) is 13.2. The summed E-state index contributed by atoms with van der Waals surface area (Å²) in [5, 5.41) is 12.7. The van der Waals surface area contributed by atoms with Gasteiger partial charge in [-0.15, -0.1) is 0 Å². The van der Waals surface area contributed by atoms with Crippen molar-refractivity contribution in [3.63, 3.8) is 0 Å². The van der Waals surface area contributed by atoms with Crippen LogP contribution in [0, 0.1) is 23.0 Å². The Bertz CT molecular complexity index is 959. The number of hydrogen-bond acceptors (Lipinski definition) is 2. The van der Waals surface area contributed by atoms with Gasteiger partial charge in [-0.3, -0.25) is 4.79 Å². The van der Waals surface area contributed by atoms with Crippen LogP contribution >= 0.6 is 0 Å². The van der Waals surface area contributed by atoms with Gasteiger partial charge in [0.15, 0.2) is 0 Å². The standard InChI is InChI=1S/C19H15F2N3O/c20-13-6-7-15(16(21)9-13)18(10-22)24-19(25)8-5-12-11-23-17-4-2-1-3-14(12)17/h1-4,6-7,9,11,18,23H,5,8H2,(H,24,25)/t18-/m1/s1. The topological polar surface area (TPSA) is 68.7 Å². The third kappa shape index (κ3) is 3.66. The molecule has 0 radical (unpaired) electrons. The van der Waals surface area contributed by atoms with E-state index in [9.17, 15) is 18.8 Å². The van der Waals surface area contributed by atoms with Gasteiger partial charge >= 0.3 is 0 Å². The second-order valence-corrected chi connectivity index (χ2v) is 5.65. The normalized spacial score (nSPS) is 11.9. The molecule has 6 heteroatoms. The molecule has 0 aliphatic heterocycles. The Morgan fingerprint density at radius 1 is 1.24 bits per heavy atom. The number of carbonyl (C=O) groups is 1. The highest BCUT2D eigenvalue weighted by molar-refractivity contribution is 5.84. The van der Waals surface area contributed by atoms with Gasteiger partial charge in [-0.05, 0) is 24.1 Å². The van der Waals surface area contributed by atoms with Crippen molar-refractivity contribution in [3.05, 3.63) is 71.4 Å². The van der Waals surface area contributed by atoms with Gasteiger partial charge in [-0.25, -0.2) is 8.78 Å². The van der Waals surface area contributed by atoms with Gasteiger partial charge < -0.3 is 10.3 Å². The molecule has 0 saturated heterocycles. The molecule has 1 atom stereocenters. The molecule has 2 aromatic carbocycles. The third-order valence-electron chi connectivity index (χ3n) is 4.00. The van der Waals surface area contributed by atoms with Gasteiger partial charge in [0.05, 0.1) is 6.07 Å². The van der Waals surface area contributed by atoms with Gasteiger partial charge in [0.1, 0.15) is 17.7 Å². The molecule has 4 nitrogen and oxygen atoms in total. The summed E-state index contributed by atoms with van der Waals surface area (Å²) in [6.45, 7) is 0. The van der Waals surface area contributed by atoms with E-state index in [1.165, 1.54) is 6.07 Å². The highest BCUT2D eigenvalue weighted by atomic mass is 19.1. The van der Waals surface area contributed by atoms with Crippen LogP contribution in [0.15, 0.2) is 48.7 Å². The predicted molar refractivity (Wildman–Crippen MR) is 89.5 cm³/mol. The number of H-pyrrole nitrogens is 1. The van der Waals surface area contributed by atoms with Crippen LogP contribution in [0.25, 0.3) is 10.9 Å². The van der Waals surface area contributed by atoms with Crippen molar-refractivity contribution in [2.75, 3.05) is 0 Å². The number of nitrogens with one attached hydrogen (secondary N) is 2. The molecular weight excluding hydrogens is 324 g/mol. The molecule has 3 aromatic rings. The van der Waals surface area contributed by atoms with E-state index in [4.69, 9.17) is 0 Å². The molecule has 0 spiro atoms. The minimum atomic E-state index is -1.16. The molecule has 1 heterocycles. The van der Waals surface area contributed by atoms with Crippen molar-refractivity contribution in [3.8, 4) is 6.07 Å². The average molecular weight is 339 g/mol. The molecule has 0 aliphatic carbocycles. The fourth-order valence-corrected chi connectivity index (χ4v) is 2.73. The number of nitrogens with zero attached hydrogens (tertiary/aromatic N) is 1. The number of nitriles is 1. The lowest BCUT2D eigenvalue weighted by Gasteiger charge is -2.12. The van der Waals surface area contributed by atoms with E-state index in [1.807, 2.05) is 36.5 Å². The molecule has 3 rings (SSSR count). The minimum absolute atomic E-state index is 0.0515. The highest BCUT2D eigenvalue weighted by Gasteiger charge is 2.18. The molecule has 126 valence electrons. The van der Waals surface area contributed by atoms with E-state index in [-0.39, 0.29) is 17.9 Å². The maximum Gasteiger partial charge on any atom is 0.221 e. The maximum atomic E-state index is 13.8. The van der Waals surface area contributed by atoms with Crippen LogP contribution in [0.1, 0.15) is 23.6 Å². The number of para-hydroxylation sites is 1. The molecule has 0 unspecified atom stereocenters. The van der Waals surface area contributed by atoms with Gasteiger partial charge in [0.2, 0.25) is 5.91 Å². The molecular formula is C19H15F2N3O. The Morgan fingerprint density at radius 3 is 2.80 bits per heavy atom. The quantitative estimate of drug-likeness (QED) is 0.743. The highest BCUT2D eigenvalue weighted by Crippen LogP contribution is 2.20. The van der Waals surface area contributed by atoms with Crippen molar-refractivity contribution in [2.45, 2.75) is 18.9 Å². The van der Waals surface area contributed by atoms with Gasteiger partial charge in [0, 0.05) is 35.2 Å². The smallest absolute Gasteiger partial charge is 0.221 e. The number of aryl methyl sites for hydroxylation is 1. The van der Waals surface area contributed by atoms with Crippen molar-refractivity contribution in [1.29, 1.82) is 5.26 Å². The second kappa shape index (κ2) is 7.14. The Kier molecular flexibility index (Phi) is 4.75. The molecule has 0 bridgehead atoms. The Labute approximate surface area is 143 Å².